The minimum atomic E-state index is -4.38. The van der Waals surface area contributed by atoms with Crippen molar-refractivity contribution in [2.75, 3.05) is 5.32 Å². The van der Waals surface area contributed by atoms with Crippen molar-refractivity contribution in [3.8, 4) is 0 Å². The van der Waals surface area contributed by atoms with Gasteiger partial charge in [0.05, 0.1) is 11.5 Å². The van der Waals surface area contributed by atoms with Crippen molar-refractivity contribution in [2.24, 2.45) is 0 Å². The van der Waals surface area contributed by atoms with Gasteiger partial charge in [-0.3, -0.25) is 4.79 Å². The first-order valence-corrected chi connectivity index (χ1v) is 10.7. The van der Waals surface area contributed by atoms with E-state index < -0.39 is 17.7 Å². The van der Waals surface area contributed by atoms with Crippen LogP contribution in [-0.2, 0) is 17.4 Å². The highest BCUT2D eigenvalue weighted by atomic mass is 32.1. The zero-order chi connectivity index (χ0) is 22.6. The summed E-state index contributed by atoms with van der Waals surface area (Å²) >= 11 is 1.25. The molecule has 1 aromatic heterocycles. The van der Waals surface area contributed by atoms with Crippen LogP contribution in [0.1, 0.15) is 33.0 Å². The number of halogens is 3. The predicted octanol–water partition coefficient (Wildman–Crippen LogP) is 6.52. The van der Waals surface area contributed by atoms with E-state index in [0.717, 1.165) is 28.1 Å². The number of nitrogens with zero attached hydrogens (tertiary/aromatic N) is 1. The number of hydrogen-bond donors (Lipinski definition) is 1. The van der Waals surface area contributed by atoms with Crippen LogP contribution in [0, 0.1) is 0 Å². The Bertz CT molecular complexity index is 1150. The van der Waals surface area contributed by atoms with Gasteiger partial charge in [-0.15, -0.1) is 11.3 Å². The van der Waals surface area contributed by atoms with Gasteiger partial charge >= 0.3 is 6.18 Å². The first-order valence-electron chi connectivity index (χ1n) is 9.92. The lowest BCUT2D eigenvalue weighted by molar-refractivity contribution is -0.137. The van der Waals surface area contributed by atoms with Crippen LogP contribution in [0.5, 0.6) is 0 Å². The molecule has 4 aromatic rings. The number of amides is 1. The predicted molar refractivity (Wildman–Crippen MR) is 120 cm³/mol. The molecule has 0 saturated carbocycles. The molecule has 0 saturated heterocycles. The van der Waals surface area contributed by atoms with E-state index >= 15 is 0 Å². The van der Waals surface area contributed by atoms with Crippen LogP contribution in [0.2, 0.25) is 0 Å². The largest absolute Gasteiger partial charge is 0.416 e. The number of thiazole rings is 1. The number of aromatic nitrogens is 1. The topological polar surface area (TPSA) is 42.0 Å². The van der Waals surface area contributed by atoms with Crippen LogP contribution >= 0.6 is 11.3 Å². The maximum atomic E-state index is 13.2. The van der Waals surface area contributed by atoms with E-state index in [1.165, 1.54) is 17.4 Å². The monoisotopic (exact) mass is 452 g/mol. The fourth-order valence-electron chi connectivity index (χ4n) is 3.47. The molecule has 0 spiro atoms. The van der Waals surface area contributed by atoms with Gasteiger partial charge in [-0.2, -0.15) is 13.2 Å². The third kappa shape index (κ3) is 5.23. The highest BCUT2D eigenvalue weighted by molar-refractivity contribution is 7.15. The fraction of sp³-hybridized carbons (Fsp3) is 0.120. The van der Waals surface area contributed by atoms with E-state index in [9.17, 15) is 18.0 Å². The number of rotatable bonds is 6. The number of nitrogens with one attached hydrogen (secondary N) is 1. The van der Waals surface area contributed by atoms with E-state index in [1.54, 1.807) is 12.3 Å². The molecule has 0 atom stereocenters. The van der Waals surface area contributed by atoms with Crippen LogP contribution in [0.15, 0.2) is 91.1 Å². The summed E-state index contributed by atoms with van der Waals surface area (Å²) < 4.78 is 38.9. The van der Waals surface area contributed by atoms with Crippen molar-refractivity contribution in [1.82, 2.24) is 4.98 Å². The van der Waals surface area contributed by atoms with Crippen molar-refractivity contribution >= 4 is 22.4 Å². The van der Waals surface area contributed by atoms with Crippen LogP contribution in [-0.4, -0.2) is 10.9 Å². The van der Waals surface area contributed by atoms with Crippen LogP contribution < -0.4 is 5.32 Å². The highest BCUT2D eigenvalue weighted by Gasteiger charge is 2.30. The lowest BCUT2D eigenvalue weighted by Gasteiger charge is -2.17. The first kappa shape index (κ1) is 21.8. The Labute approximate surface area is 187 Å². The van der Waals surface area contributed by atoms with Gasteiger partial charge in [-0.25, -0.2) is 4.98 Å². The first-order chi connectivity index (χ1) is 15.4. The zero-order valence-corrected chi connectivity index (χ0v) is 17.7. The van der Waals surface area contributed by atoms with E-state index in [4.69, 9.17) is 0 Å². The molecule has 0 radical (unpaired) electrons. The third-order valence-corrected chi connectivity index (χ3v) is 5.86. The summed E-state index contributed by atoms with van der Waals surface area (Å²) in [5.41, 5.74) is 1.57. The standard InChI is InChI=1S/C25H19F3N2OS/c26-25(27,28)20-13-7-8-17(14-20)15-21-16-29-24(32-21)30-23(31)22(18-9-3-1-4-10-18)19-11-5-2-6-12-19/h1-14,16,22H,15H2,(H,29,30,31). The Kier molecular flexibility index (Phi) is 6.37. The maximum Gasteiger partial charge on any atom is 0.416 e. The Morgan fingerprint density at radius 1 is 0.906 bits per heavy atom. The fourth-order valence-corrected chi connectivity index (χ4v) is 4.32. The maximum absolute atomic E-state index is 13.2. The Balaban J connectivity index is 1.51. The van der Waals surface area contributed by atoms with Crippen molar-refractivity contribution in [1.29, 1.82) is 0 Å². The third-order valence-electron chi connectivity index (χ3n) is 4.94. The summed E-state index contributed by atoms with van der Waals surface area (Å²) in [5.74, 6) is -0.726. The van der Waals surface area contributed by atoms with Gasteiger partial charge in [0, 0.05) is 17.5 Å². The van der Waals surface area contributed by atoms with E-state index in [2.05, 4.69) is 10.3 Å². The molecule has 1 amide bonds. The Morgan fingerprint density at radius 2 is 1.53 bits per heavy atom. The summed E-state index contributed by atoms with van der Waals surface area (Å²) in [6.07, 6.45) is -2.49. The van der Waals surface area contributed by atoms with E-state index in [-0.39, 0.29) is 5.91 Å². The van der Waals surface area contributed by atoms with Gasteiger partial charge < -0.3 is 5.32 Å². The average Bonchev–Trinajstić information content (AvgIpc) is 3.21. The number of carbonyl (C=O) groups excluding carboxylic acids is 1. The van der Waals surface area contributed by atoms with Gasteiger partial charge in [0.1, 0.15) is 0 Å². The highest BCUT2D eigenvalue weighted by Crippen LogP contribution is 2.31. The molecule has 0 aliphatic rings. The molecule has 162 valence electrons. The molecule has 3 nitrogen and oxygen atoms in total. The number of carbonyl (C=O) groups is 1. The lowest BCUT2D eigenvalue weighted by atomic mass is 9.90. The second-order valence-corrected chi connectivity index (χ2v) is 8.37. The molecule has 1 N–H and O–H groups in total. The number of alkyl halides is 3. The van der Waals surface area contributed by atoms with Gasteiger partial charge in [0.25, 0.3) is 0 Å². The summed E-state index contributed by atoms with van der Waals surface area (Å²) in [7, 11) is 0. The molecule has 0 unspecified atom stereocenters. The van der Waals surface area contributed by atoms with Gasteiger partial charge in [-0.1, -0.05) is 78.9 Å². The van der Waals surface area contributed by atoms with Crippen LogP contribution in [0.25, 0.3) is 0 Å². The van der Waals surface area contributed by atoms with Crippen molar-refractivity contribution in [3.05, 3.63) is 118 Å². The zero-order valence-electron chi connectivity index (χ0n) is 16.8. The van der Waals surface area contributed by atoms with Crippen molar-refractivity contribution in [2.45, 2.75) is 18.5 Å². The van der Waals surface area contributed by atoms with E-state index in [0.29, 0.717) is 17.1 Å². The van der Waals surface area contributed by atoms with Crippen molar-refractivity contribution < 1.29 is 18.0 Å². The Hall–Kier alpha value is -3.45. The quantitative estimate of drug-likeness (QED) is 0.362. The number of hydrogen-bond acceptors (Lipinski definition) is 3. The minimum Gasteiger partial charge on any atom is -0.301 e. The molecule has 1 heterocycles. The van der Waals surface area contributed by atoms with Gasteiger partial charge in [0.2, 0.25) is 5.91 Å². The second-order valence-electron chi connectivity index (χ2n) is 7.25. The molecule has 3 aromatic carbocycles. The minimum absolute atomic E-state index is 0.220. The molecule has 4 rings (SSSR count). The molecule has 0 aliphatic carbocycles. The second kappa shape index (κ2) is 9.36. The van der Waals surface area contributed by atoms with Gasteiger partial charge in [-0.05, 0) is 22.8 Å². The average molecular weight is 453 g/mol. The van der Waals surface area contributed by atoms with Crippen LogP contribution in [0.4, 0.5) is 18.3 Å². The number of benzene rings is 3. The lowest BCUT2D eigenvalue weighted by Crippen LogP contribution is -2.22. The smallest absolute Gasteiger partial charge is 0.301 e. The molecule has 0 aliphatic heterocycles. The van der Waals surface area contributed by atoms with E-state index in [1.807, 2.05) is 60.7 Å². The summed E-state index contributed by atoms with van der Waals surface area (Å²) in [5, 5.41) is 3.28. The van der Waals surface area contributed by atoms with Crippen molar-refractivity contribution in [3.63, 3.8) is 0 Å². The van der Waals surface area contributed by atoms with Gasteiger partial charge in [0.15, 0.2) is 5.13 Å². The molecular weight excluding hydrogens is 433 g/mol. The number of anilines is 1. The summed E-state index contributed by atoms with van der Waals surface area (Å²) in [4.78, 5) is 18.2. The van der Waals surface area contributed by atoms with Crippen LogP contribution in [0.3, 0.4) is 0 Å². The molecular formula is C25H19F3N2OS. The summed E-state index contributed by atoms with van der Waals surface area (Å²) in [6, 6.07) is 24.2. The molecule has 32 heavy (non-hydrogen) atoms. The molecule has 0 fully saturated rings. The normalized spacial score (nSPS) is 11.5. The summed E-state index contributed by atoms with van der Waals surface area (Å²) in [6.45, 7) is 0. The SMILES string of the molecule is O=C(Nc1ncc(Cc2cccc(C(F)(F)F)c2)s1)C(c1ccccc1)c1ccccc1. The molecule has 7 heteroatoms. The molecule has 0 bridgehead atoms. The Morgan fingerprint density at radius 3 is 2.12 bits per heavy atom.